The molecule has 1 aliphatic heterocycles. The first-order valence-electron chi connectivity index (χ1n) is 8.19. The monoisotopic (exact) mass is 337 g/mol. The minimum atomic E-state index is -0.00830. The van der Waals surface area contributed by atoms with Gasteiger partial charge in [0.05, 0.1) is 25.4 Å². The topological polar surface area (TPSA) is 92.0 Å². The largest absolute Gasteiger partial charge is 0.381 e. The minimum Gasteiger partial charge on any atom is -0.381 e. The lowest BCUT2D eigenvalue weighted by molar-refractivity contribution is -0.127. The van der Waals surface area contributed by atoms with Crippen molar-refractivity contribution in [2.45, 2.75) is 26.8 Å². The fourth-order valence-corrected chi connectivity index (χ4v) is 2.36. The van der Waals surface area contributed by atoms with Crippen LogP contribution in [0, 0.1) is 19.8 Å². The number of likely N-dealkylation sites (N-methyl/N-ethyl adjacent to an activating group) is 1. The predicted molar refractivity (Wildman–Crippen MR) is 90.7 cm³/mol. The predicted octanol–water partition coefficient (Wildman–Crippen LogP) is 0.451. The molecule has 2 rings (SSSR count). The third kappa shape index (κ3) is 5.23. The van der Waals surface area contributed by atoms with Crippen LogP contribution in [0.25, 0.3) is 0 Å². The highest BCUT2D eigenvalue weighted by atomic mass is 16.5. The number of guanidine groups is 1. The van der Waals surface area contributed by atoms with Gasteiger partial charge >= 0.3 is 0 Å². The number of nitrogens with zero attached hydrogens (tertiary/aromatic N) is 3. The maximum absolute atomic E-state index is 11.8. The number of nitrogens with one attached hydrogen (secondary N) is 2. The molecule has 1 amide bonds. The summed E-state index contributed by atoms with van der Waals surface area (Å²) in [5, 5.41) is 10.3. The first-order chi connectivity index (χ1) is 11.5. The lowest BCUT2D eigenvalue weighted by Gasteiger charge is -2.16. The second-order valence-corrected chi connectivity index (χ2v) is 6.22. The minimum absolute atomic E-state index is 0.00830. The number of carbonyl (C=O) groups excluding carboxylic acids is 1. The van der Waals surface area contributed by atoms with Gasteiger partial charge in [0, 0.05) is 38.7 Å². The molecule has 0 aromatic carbocycles. The van der Waals surface area contributed by atoms with E-state index in [0.29, 0.717) is 18.4 Å². The van der Waals surface area contributed by atoms with Crippen LogP contribution in [0.5, 0.6) is 0 Å². The van der Waals surface area contributed by atoms with E-state index in [1.54, 1.807) is 19.0 Å². The summed E-state index contributed by atoms with van der Waals surface area (Å²) in [6, 6.07) is 0. The molecule has 0 bridgehead atoms. The van der Waals surface area contributed by atoms with Crippen LogP contribution in [-0.4, -0.2) is 62.3 Å². The zero-order valence-corrected chi connectivity index (χ0v) is 14.9. The molecular weight excluding hydrogens is 310 g/mol. The Morgan fingerprint density at radius 1 is 1.38 bits per heavy atom. The first kappa shape index (κ1) is 18.3. The number of aliphatic imine (C=N–C) groups is 1. The van der Waals surface area contributed by atoms with Gasteiger partial charge in [0.25, 0.3) is 0 Å². The Bertz CT molecular complexity index is 557. The second kappa shape index (κ2) is 8.68. The maximum Gasteiger partial charge on any atom is 0.241 e. The molecule has 1 atom stereocenters. The van der Waals surface area contributed by atoms with Crippen LogP contribution in [0.2, 0.25) is 0 Å². The Morgan fingerprint density at radius 3 is 2.75 bits per heavy atom. The summed E-state index contributed by atoms with van der Waals surface area (Å²) >= 11 is 0. The molecule has 1 aromatic rings. The summed E-state index contributed by atoms with van der Waals surface area (Å²) in [4.78, 5) is 17.9. The number of carbonyl (C=O) groups is 1. The zero-order chi connectivity index (χ0) is 17.5. The van der Waals surface area contributed by atoms with E-state index in [1.165, 1.54) is 0 Å². The van der Waals surface area contributed by atoms with Crippen molar-refractivity contribution in [1.82, 2.24) is 20.7 Å². The molecule has 0 saturated carbocycles. The highest BCUT2D eigenvalue weighted by Crippen LogP contribution is 2.13. The van der Waals surface area contributed by atoms with Gasteiger partial charge in [0.2, 0.25) is 5.91 Å². The van der Waals surface area contributed by atoms with E-state index in [1.807, 2.05) is 13.8 Å². The molecule has 0 spiro atoms. The number of aryl methyl sites for hydroxylation is 2. The van der Waals surface area contributed by atoms with Crippen molar-refractivity contribution in [3.8, 4) is 0 Å². The molecule has 1 fully saturated rings. The maximum atomic E-state index is 11.8. The number of hydrogen-bond acceptors (Lipinski definition) is 5. The summed E-state index contributed by atoms with van der Waals surface area (Å²) in [5.74, 6) is 1.84. The Hall–Kier alpha value is -2.09. The van der Waals surface area contributed by atoms with Crippen molar-refractivity contribution in [2.24, 2.45) is 10.9 Å². The SMILES string of the molecule is Cc1noc(C)c1CN=C(NCC(=O)N(C)C)NCC1CCOC1. The summed E-state index contributed by atoms with van der Waals surface area (Å²) < 4.78 is 10.5. The number of ether oxygens (including phenoxy) is 1. The van der Waals surface area contributed by atoms with Crippen molar-refractivity contribution in [3.63, 3.8) is 0 Å². The first-order valence-corrected chi connectivity index (χ1v) is 8.19. The summed E-state index contributed by atoms with van der Waals surface area (Å²) in [6.45, 7) is 6.76. The number of hydrogen-bond donors (Lipinski definition) is 2. The van der Waals surface area contributed by atoms with Crippen molar-refractivity contribution in [1.29, 1.82) is 0 Å². The van der Waals surface area contributed by atoms with Crippen LogP contribution < -0.4 is 10.6 Å². The summed E-state index contributed by atoms with van der Waals surface area (Å²) in [7, 11) is 3.46. The van der Waals surface area contributed by atoms with E-state index in [9.17, 15) is 4.79 Å². The average Bonchev–Trinajstić information content (AvgIpc) is 3.17. The number of rotatable bonds is 6. The Kier molecular flexibility index (Phi) is 6.60. The molecule has 2 heterocycles. The Morgan fingerprint density at radius 2 is 2.17 bits per heavy atom. The van der Waals surface area contributed by atoms with Crippen LogP contribution in [-0.2, 0) is 16.1 Å². The zero-order valence-electron chi connectivity index (χ0n) is 14.9. The van der Waals surface area contributed by atoms with Crippen molar-refractivity contribution >= 4 is 11.9 Å². The fraction of sp³-hybridized carbons (Fsp3) is 0.688. The van der Waals surface area contributed by atoms with E-state index < -0.39 is 0 Å². The molecule has 8 heteroatoms. The van der Waals surface area contributed by atoms with Gasteiger partial charge in [-0.2, -0.15) is 0 Å². The Labute approximate surface area is 142 Å². The molecule has 1 aromatic heterocycles. The average molecular weight is 337 g/mol. The molecule has 0 aliphatic carbocycles. The van der Waals surface area contributed by atoms with E-state index >= 15 is 0 Å². The summed E-state index contributed by atoms with van der Waals surface area (Å²) in [5.41, 5.74) is 1.81. The highest BCUT2D eigenvalue weighted by Gasteiger charge is 2.16. The van der Waals surface area contributed by atoms with E-state index in [0.717, 1.165) is 43.2 Å². The molecule has 8 nitrogen and oxygen atoms in total. The van der Waals surface area contributed by atoms with Crippen molar-refractivity contribution in [2.75, 3.05) is 40.4 Å². The number of aromatic nitrogens is 1. The molecule has 0 radical (unpaired) electrons. The van der Waals surface area contributed by atoms with E-state index in [-0.39, 0.29) is 12.5 Å². The van der Waals surface area contributed by atoms with Crippen LogP contribution in [0.3, 0.4) is 0 Å². The van der Waals surface area contributed by atoms with Gasteiger partial charge in [-0.05, 0) is 20.3 Å². The quantitative estimate of drug-likeness (QED) is 0.578. The van der Waals surface area contributed by atoms with Gasteiger partial charge in [-0.25, -0.2) is 4.99 Å². The summed E-state index contributed by atoms with van der Waals surface area (Å²) in [6.07, 6.45) is 1.04. The smallest absolute Gasteiger partial charge is 0.241 e. The van der Waals surface area contributed by atoms with Crippen LogP contribution >= 0.6 is 0 Å². The van der Waals surface area contributed by atoms with E-state index in [2.05, 4.69) is 20.8 Å². The highest BCUT2D eigenvalue weighted by molar-refractivity contribution is 5.86. The molecule has 134 valence electrons. The van der Waals surface area contributed by atoms with Gasteiger partial charge in [-0.15, -0.1) is 0 Å². The van der Waals surface area contributed by atoms with Gasteiger partial charge in [-0.3, -0.25) is 4.79 Å². The van der Waals surface area contributed by atoms with Crippen LogP contribution in [0.4, 0.5) is 0 Å². The third-order valence-electron chi connectivity index (χ3n) is 4.06. The molecule has 2 N–H and O–H groups in total. The molecule has 1 saturated heterocycles. The third-order valence-corrected chi connectivity index (χ3v) is 4.06. The van der Waals surface area contributed by atoms with Gasteiger partial charge in [-0.1, -0.05) is 5.16 Å². The second-order valence-electron chi connectivity index (χ2n) is 6.22. The fourth-order valence-electron chi connectivity index (χ4n) is 2.36. The van der Waals surface area contributed by atoms with Crippen LogP contribution in [0.15, 0.2) is 9.52 Å². The molecule has 24 heavy (non-hydrogen) atoms. The molecular formula is C16H27N5O3. The lowest BCUT2D eigenvalue weighted by atomic mass is 10.1. The normalized spacial score (nSPS) is 17.8. The van der Waals surface area contributed by atoms with Gasteiger partial charge in [0.1, 0.15) is 5.76 Å². The van der Waals surface area contributed by atoms with Gasteiger partial charge in [0.15, 0.2) is 5.96 Å². The van der Waals surface area contributed by atoms with Gasteiger partial charge < -0.3 is 24.8 Å². The van der Waals surface area contributed by atoms with Crippen molar-refractivity contribution in [3.05, 3.63) is 17.0 Å². The van der Waals surface area contributed by atoms with E-state index in [4.69, 9.17) is 9.26 Å². The standard InChI is InChI=1S/C16H27N5O3/c1-11-14(12(2)24-20-11)8-18-16(19-9-15(22)21(3)4)17-7-13-5-6-23-10-13/h13H,5-10H2,1-4H3,(H2,17,18,19). The Balaban J connectivity index is 1.97. The van der Waals surface area contributed by atoms with Crippen LogP contribution in [0.1, 0.15) is 23.4 Å². The molecule has 1 aliphatic rings. The van der Waals surface area contributed by atoms with Crippen molar-refractivity contribution < 1.29 is 14.1 Å². The molecule has 1 unspecified atom stereocenters. The lowest BCUT2D eigenvalue weighted by Crippen LogP contribution is -2.44. The number of amides is 1.